The Labute approximate surface area is 238 Å². The Bertz CT molecular complexity index is 1420. The molecule has 1 N–H and O–H groups in total. The van der Waals surface area contributed by atoms with Crippen molar-refractivity contribution in [3.63, 3.8) is 0 Å². The van der Waals surface area contributed by atoms with Gasteiger partial charge in [-0.1, -0.05) is 60.7 Å². The summed E-state index contributed by atoms with van der Waals surface area (Å²) < 4.78 is 32.2. The van der Waals surface area contributed by atoms with Gasteiger partial charge < -0.3 is 15.0 Å². The van der Waals surface area contributed by atoms with Gasteiger partial charge in [-0.05, 0) is 56.5 Å². The molecule has 8 nitrogen and oxygen atoms in total. The van der Waals surface area contributed by atoms with Crippen LogP contribution in [0.15, 0.2) is 78.9 Å². The molecule has 0 radical (unpaired) electrons. The molecule has 0 spiro atoms. The first-order valence-electron chi connectivity index (χ1n) is 13.1. The molecule has 0 aromatic heterocycles. The van der Waals surface area contributed by atoms with Crippen molar-refractivity contribution in [1.82, 2.24) is 10.2 Å². The van der Waals surface area contributed by atoms with Gasteiger partial charge in [-0.2, -0.15) is 0 Å². The fourth-order valence-electron chi connectivity index (χ4n) is 4.36. The molecule has 0 saturated carbocycles. The number of aryl methyl sites for hydroxylation is 1. The zero-order valence-corrected chi connectivity index (χ0v) is 24.9. The van der Waals surface area contributed by atoms with E-state index in [-0.39, 0.29) is 18.9 Å². The largest absolute Gasteiger partial charge is 0.497 e. The molecule has 1 atom stereocenters. The van der Waals surface area contributed by atoms with Crippen molar-refractivity contribution in [2.24, 2.45) is 0 Å². The lowest BCUT2D eigenvalue weighted by molar-refractivity contribution is -0.140. The third-order valence-corrected chi connectivity index (χ3v) is 7.53. The van der Waals surface area contributed by atoms with Gasteiger partial charge in [0.25, 0.3) is 0 Å². The number of rotatable bonds is 11. The van der Waals surface area contributed by atoms with Crippen LogP contribution in [0.1, 0.15) is 37.5 Å². The molecule has 0 aliphatic heterocycles. The molecule has 0 heterocycles. The van der Waals surface area contributed by atoms with Crippen molar-refractivity contribution in [3.8, 4) is 5.75 Å². The number of ether oxygens (including phenoxy) is 1. The zero-order valence-electron chi connectivity index (χ0n) is 24.0. The molecule has 3 aromatic rings. The van der Waals surface area contributed by atoms with Crippen molar-refractivity contribution in [1.29, 1.82) is 0 Å². The topological polar surface area (TPSA) is 96.0 Å². The predicted octanol–water partition coefficient (Wildman–Crippen LogP) is 4.32. The maximum atomic E-state index is 14.2. The van der Waals surface area contributed by atoms with Crippen LogP contribution in [-0.4, -0.2) is 56.6 Å². The third-order valence-electron chi connectivity index (χ3n) is 6.39. The van der Waals surface area contributed by atoms with E-state index in [1.165, 1.54) is 12.0 Å². The first kappa shape index (κ1) is 30.7. The molecule has 3 aromatic carbocycles. The Morgan fingerprint density at radius 3 is 2.20 bits per heavy atom. The van der Waals surface area contributed by atoms with E-state index in [0.29, 0.717) is 11.4 Å². The summed E-state index contributed by atoms with van der Waals surface area (Å²) >= 11 is 0. The van der Waals surface area contributed by atoms with E-state index >= 15 is 0 Å². The fourth-order valence-corrected chi connectivity index (χ4v) is 5.20. The number of hydrogen-bond donors (Lipinski definition) is 1. The monoisotopic (exact) mass is 565 g/mol. The van der Waals surface area contributed by atoms with Crippen LogP contribution in [0.5, 0.6) is 5.75 Å². The summed E-state index contributed by atoms with van der Waals surface area (Å²) in [5.41, 5.74) is 2.47. The summed E-state index contributed by atoms with van der Waals surface area (Å²) in [4.78, 5) is 29.4. The van der Waals surface area contributed by atoms with Crippen molar-refractivity contribution in [2.45, 2.75) is 52.2 Å². The van der Waals surface area contributed by atoms with Crippen LogP contribution < -0.4 is 14.4 Å². The molecule has 0 bridgehead atoms. The molecule has 0 fully saturated rings. The van der Waals surface area contributed by atoms with Gasteiger partial charge in [0, 0.05) is 24.6 Å². The van der Waals surface area contributed by atoms with E-state index in [9.17, 15) is 18.0 Å². The minimum absolute atomic E-state index is 0.135. The average Bonchev–Trinajstić information content (AvgIpc) is 2.89. The predicted molar refractivity (Wildman–Crippen MR) is 159 cm³/mol. The Kier molecular flexibility index (Phi) is 9.98. The minimum Gasteiger partial charge on any atom is -0.497 e. The van der Waals surface area contributed by atoms with E-state index in [1.807, 2.05) is 82.3 Å². The van der Waals surface area contributed by atoms with E-state index in [4.69, 9.17) is 4.74 Å². The zero-order chi connectivity index (χ0) is 29.5. The highest BCUT2D eigenvalue weighted by Crippen LogP contribution is 2.24. The van der Waals surface area contributed by atoms with Gasteiger partial charge in [0.15, 0.2) is 0 Å². The highest BCUT2D eigenvalue weighted by molar-refractivity contribution is 7.92. The van der Waals surface area contributed by atoms with Crippen LogP contribution in [0.4, 0.5) is 5.69 Å². The second-order valence-corrected chi connectivity index (χ2v) is 12.8. The highest BCUT2D eigenvalue weighted by Gasteiger charge is 2.34. The average molecular weight is 566 g/mol. The lowest BCUT2D eigenvalue weighted by Crippen LogP contribution is -2.56. The second-order valence-electron chi connectivity index (χ2n) is 10.9. The third kappa shape index (κ3) is 8.58. The lowest BCUT2D eigenvalue weighted by atomic mass is 10.00. The maximum Gasteiger partial charge on any atom is 0.244 e. The minimum atomic E-state index is -3.86. The maximum absolute atomic E-state index is 14.2. The number of sulfonamides is 1. The van der Waals surface area contributed by atoms with Crippen molar-refractivity contribution < 1.29 is 22.7 Å². The van der Waals surface area contributed by atoms with Crippen molar-refractivity contribution in [3.05, 3.63) is 95.6 Å². The van der Waals surface area contributed by atoms with Crippen LogP contribution in [-0.2, 0) is 32.6 Å². The van der Waals surface area contributed by atoms with Crippen LogP contribution in [0.25, 0.3) is 0 Å². The number of carbonyl (C=O) groups excluding carboxylic acids is 2. The molecule has 0 aliphatic rings. The number of carbonyl (C=O) groups is 2. The first-order valence-corrected chi connectivity index (χ1v) is 14.9. The summed E-state index contributed by atoms with van der Waals surface area (Å²) in [6.07, 6.45) is 1.32. The Balaban J connectivity index is 2.09. The highest BCUT2D eigenvalue weighted by atomic mass is 32.2. The fraction of sp³-hybridized carbons (Fsp3) is 0.355. The van der Waals surface area contributed by atoms with Crippen LogP contribution in [0.2, 0.25) is 0 Å². The van der Waals surface area contributed by atoms with Gasteiger partial charge >= 0.3 is 0 Å². The van der Waals surface area contributed by atoms with Crippen LogP contribution in [0.3, 0.4) is 0 Å². The van der Waals surface area contributed by atoms with E-state index < -0.39 is 34.1 Å². The number of anilines is 1. The van der Waals surface area contributed by atoms with E-state index in [1.54, 1.807) is 24.3 Å². The van der Waals surface area contributed by atoms with E-state index in [2.05, 4.69) is 5.32 Å². The first-order chi connectivity index (χ1) is 18.8. The van der Waals surface area contributed by atoms with Gasteiger partial charge in [0.1, 0.15) is 18.3 Å². The number of nitrogens with zero attached hydrogens (tertiary/aromatic N) is 2. The molecule has 9 heteroatoms. The molecule has 0 unspecified atom stereocenters. The Morgan fingerprint density at radius 2 is 1.60 bits per heavy atom. The summed E-state index contributed by atoms with van der Waals surface area (Å²) in [5.74, 6) is -0.353. The molecular weight excluding hydrogens is 526 g/mol. The van der Waals surface area contributed by atoms with Crippen LogP contribution in [0, 0.1) is 6.92 Å². The van der Waals surface area contributed by atoms with E-state index in [0.717, 1.165) is 27.3 Å². The molecule has 0 saturated heterocycles. The molecule has 3 rings (SSSR count). The lowest BCUT2D eigenvalue weighted by Gasteiger charge is -2.35. The number of hydrogen-bond acceptors (Lipinski definition) is 5. The molecule has 0 aliphatic carbocycles. The van der Waals surface area contributed by atoms with Gasteiger partial charge in [0.05, 0.1) is 19.1 Å². The van der Waals surface area contributed by atoms with Gasteiger partial charge in [-0.3, -0.25) is 13.9 Å². The summed E-state index contributed by atoms with van der Waals surface area (Å²) in [7, 11) is -2.37. The summed E-state index contributed by atoms with van der Waals surface area (Å²) in [6.45, 7) is 7.24. The second kappa shape index (κ2) is 13.0. The normalized spacial score (nSPS) is 12.3. The number of nitrogens with one attached hydrogen (secondary N) is 1. The molecule has 2 amide bonds. The summed E-state index contributed by atoms with van der Waals surface area (Å²) in [5, 5.41) is 3.02. The number of amides is 2. The molecule has 40 heavy (non-hydrogen) atoms. The quantitative estimate of drug-likeness (QED) is 0.374. The van der Waals surface area contributed by atoms with Gasteiger partial charge in [0.2, 0.25) is 21.8 Å². The Hall–Kier alpha value is -3.85. The number of methoxy groups -OCH3 is 1. The smallest absolute Gasteiger partial charge is 0.244 e. The molecular formula is C31H39N3O5S. The summed E-state index contributed by atoms with van der Waals surface area (Å²) in [6, 6.07) is 22.8. The van der Waals surface area contributed by atoms with Gasteiger partial charge in [-0.25, -0.2) is 8.42 Å². The van der Waals surface area contributed by atoms with Gasteiger partial charge in [-0.15, -0.1) is 0 Å². The Morgan fingerprint density at radius 1 is 0.950 bits per heavy atom. The van der Waals surface area contributed by atoms with Crippen molar-refractivity contribution >= 4 is 27.5 Å². The SMILES string of the molecule is COc1cccc(N(CC(=O)N(Cc2ccccc2C)[C@H](Cc2ccccc2)C(=O)NC(C)(C)C)S(C)(=O)=O)c1. The van der Waals surface area contributed by atoms with Crippen LogP contribution >= 0.6 is 0 Å². The standard InChI is InChI=1S/C31H39N3O5S/c1-23-13-10-11-16-25(23)21-33(28(30(36)32-31(2,3)4)19-24-14-8-7-9-15-24)29(35)22-34(40(6,37)38)26-17-12-18-27(20-26)39-5/h7-18,20,28H,19,21-22H2,1-6H3,(H,32,36)/t28-/m1/s1. The molecule has 214 valence electrons. The van der Waals surface area contributed by atoms with Crippen molar-refractivity contribution in [2.75, 3.05) is 24.2 Å². The number of benzene rings is 3.